The summed E-state index contributed by atoms with van der Waals surface area (Å²) in [5.41, 5.74) is 3.57. The van der Waals surface area contributed by atoms with Crippen LogP contribution < -0.4 is 0 Å². The fourth-order valence-electron chi connectivity index (χ4n) is 1.64. The van der Waals surface area contributed by atoms with Crippen molar-refractivity contribution in [1.82, 2.24) is 0 Å². The molecule has 0 heterocycles. The normalized spacial score (nSPS) is 9.82. The predicted molar refractivity (Wildman–Crippen MR) is 69.8 cm³/mol. The third-order valence-corrected chi connectivity index (χ3v) is 2.63. The van der Waals surface area contributed by atoms with E-state index in [2.05, 4.69) is 12.1 Å². The summed E-state index contributed by atoms with van der Waals surface area (Å²) in [5.74, 6) is -0.139. The highest BCUT2D eigenvalue weighted by atomic mass is 16.5. The Kier molecular flexibility index (Phi) is 5.47. The number of allylic oxidation sites excluding steroid dienone is 1. The summed E-state index contributed by atoms with van der Waals surface area (Å²) >= 11 is 0. The number of benzene rings is 1. The Morgan fingerprint density at radius 1 is 1.18 bits per heavy atom. The number of rotatable bonds is 5. The third-order valence-electron chi connectivity index (χ3n) is 2.63. The highest BCUT2D eigenvalue weighted by Gasteiger charge is 2.09. The molecule has 0 fully saturated rings. The summed E-state index contributed by atoms with van der Waals surface area (Å²) in [4.78, 5) is 11.5. The molecule has 0 spiro atoms. The van der Waals surface area contributed by atoms with Crippen molar-refractivity contribution in [2.24, 2.45) is 0 Å². The predicted octanol–water partition coefficient (Wildman–Crippen LogP) is 3.52. The van der Waals surface area contributed by atoms with E-state index in [0.717, 1.165) is 12.0 Å². The molecule has 2 nitrogen and oxygen atoms in total. The molecule has 2 heteroatoms. The zero-order valence-corrected chi connectivity index (χ0v) is 10.8. The highest BCUT2D eigenvalue weighted by molar-refractivity contribution is 5.72. The van der Waals surface area contributed by atoms with Crippen molar-refractivity contribution in [3.63, 3.8) is 0 Å². The molecule has 17 heavy (non-hydrogen) atoms. The summed E-state index contributed by atoms with van der Waals surface area (Å²) in [7, 11) is 0. The molecule has 0 N–H and O–H groups in total. The molecule has 1 aromatic rings. The Morgan fingerprint density at radius 2 is 1.82 bits per heavy atom. The molecule has 0 amide bonds. The summed E-state index contributed by atoms with van der Waals surface area (Å²) < 4.78 is 4.99. The second-order valence-corrected chi connectivity index (χ2v) is 4.25. The van der Waals surface area contributed by atoms with Crippen molar-refractivity contribution in [3.05, 3.63) is 47.0 Å². The van der Waals surface area contributed by atoms with Gasteiger partial charge < -0.3 is 4.74 Å². The number of hydrogen-bond acceptors (Lipinski definition) is 2. The Bertz CT molecular complexity index is 387. The van der Waals surface area contributed by atoms with Crippen LogP contribution in [0.1, 0.15) is 32.8 Å². The van der Waals surface area contributed by atoms with Gasteiger partial charge in [-0.3, -0.25) is 4.79 Å². The topological polar surface area (TPSA) is 26.3 Å². The van der Waals surface area contributed by atoms with Crippen molar-refractivity contribution >= 4 is 5.97 Å². The lowest BCUT2D eigenvalue weighted by Gasteiger charge is -2.09. The minimum atomic E-state index is -0.139. The monoisotopic (exact) mass is 232 g/mol. The molecule has 0 aromatic heterocycles. The van der Waals surface area contributed by atoms with Crippen LogP contribution in [0.15, 0.2) is 41.5 Å². The molecule has 0 unspecified atom stereocenters. The van der Waals surface area contributed by atoms with E-state index in [1.54, 1.807) is 0 Å². The van der Waals surface area contributed by atoms with E-state index < -0.39 is 0 Å². The molecule has 0 radical (unpaired) electrons. The van der Waals surface area contributed by atoms with Crippen molar-refractivity contribution in [3.8, 4) is 0 Å². The van der Waals surface area contributed by atoms with Crippen LogP contribution in [-0.2, 0) is 16.0 Å². The van der Waals surface area contributed by atoms with E-state index in [1.807, 2.05) is 39.0 Å². The summed E-state index contributed by atoms with van der Waals surface area (Å²) in [5, 5.41) is 0. The second kappa shape index (κ2) is 6.89. The number of carbonyl (C=O) groups excluding carboxylic acids is 1. The molecule has 0 aliphatic heterocycles. The Hall–Kier alpha value is -1.57. The molecule has 0 aliphatic carbocycles. The lowest BCUT2D eigenvalue weighted by molar-refractivity contribution is -0.142. The lowest BCUT2D eigenvalue weighted by atomic mass is 9.99. The highest BCUT2D eigenvalue weighted by Crippen LogP contribution is 2.16. The summed E-state index contributed by atoms with van der Waals surface area (Å²) in [6, 6.07) is 10.2. The summed E-state index contributed by atoms with van der Waals surface area (Å²) in [6.45, 7) is 6.35. The van der Waals surface area contributed by atoms with Crippen LogP contribution in [0.3, 0.4) is 0 Å². The average molecular weight is 232 g/mol. The minimum absolute atomic E-state index is 0.139. The van der Waals surface area contributed by atoms with Gasteiger partial charge in [0.15, 0.2) is 0 Å². The first kappa shape index (κ1) is 13.5. The second-order valence-electron chi connectivity index (χ2n) is 4.25. The van der Waals surface area contributed by atoms with Gasteiger partial charge in [-0.25, -0.2) is 0 Å². The number of carbonyl (C=O) groups is 1. The fraction of sp³-hybridized carbons (Fsp3) is 0.400. The first-order chi connectivity index (χ1) is 8.13. The lowest BCUT2D eigenvalue weighted by Crippen LogP contribution is -2.07. The summed E-state index contributed by atoms with van der Waals surface area (Å²) in [6.07, 6.45) is 1.22. The molecular formula is C15H20O2. The first-order valence-corrected chi connectivity index (χ1v) is 5.98. The van der Waals surface area contributed by atoms with E-state index in [9.17, 15) is 4.79 Å². The molecule has 0 atom stereocenters. The SMILES string of the molecule is CCOC(=O)CC(Cc1ccccc1)=C(C)C. The van der Waals surface area contributed by atoms with Gasteiger partial charge in [0.25, 0.3) is 0 Å². The van der Waals surface area contributed by atoms with E-state index in [0.29, 0.717) is 13.0 Å². The zero-order chi connectivity index (χ0) is 12.7. The van der Waals surface area contributed by atoms with E-state index in [1.165, 1.54) is 11.1 Å². The van der Waals surface area contributed by atoms with Gasteiger partial charge in [0.2, 0.25) is 0 Å². The van der Waals surface area contributed by atoms with E-state index >= 15 is 0 Å². The maximum atomic E-state index is 11.5. The van der Waals surface area contributed by atoms with Crippen molar-refractivity contribution in [1.29, 1.82) is 0 Å². The number of esters is 1. The van der Waals surface area contributed by atoms with Crippen LogP contribution in [0.2, 0.25) is 0 Å². The number of ether oxygens (including phenoxy) is 1. The zero-order valence-electron chi connectivity index (χ0n) is 10.8. The Balaban J connectivity index is 2.69. The van der Waals surface area contributed by atoms with Gasteiger partial charge >= 0.3 is 5.97 Å². The first-order valence-electron chi connectivity index (χ1n) is 5.98. The molecule has 0 aliphatic rings. The van der Waals surface area contributed by atoms with Gasteiger partial charge in [0, 0.05) is 0 Å². The molecule has 0 saturated carbocycles. The molecule has 0 saturated heterocycles. The molecule has 1 rings (SSSR count). The third kappa shape index (κ3) is 4.85. The van der Waals surface area contributed by atoms with Crippen LogP contribution in [0.25, 0.3) is 0 Å². The maximum absolute atomic E-state index is 11.5. The van der Waals surface area contributed by atoms with Gasteiger partial charge in [-0.1, -0.05) is 41.5 Å². The van der Waals surface area contributed by atoms with E-state index in [-0.39, 0.29) is 5.97 Å². The fourth-order valence-corrected chi connectivity index (χ4v) is 1.64. The van der Waals surface area contributed by atoms with Crippen molar-refractivity contribution < 1.29 is 9.53 Å². The Labute approximate surface area is 103 Å². The smallest absolute Gasteiger partial charge is 0.309 e. The quantitative estimate of drug-likeness (QED) is 0.573. The van der Waals surface area contributed by atoms with Gasteiger partial charge in [-0.05, 0) is 32.8 Å². The number of hydrogen-bond donors (Lipinski definition) is 0. The maximum Gasteiger partial charge on any atom is 0.309 e. The Morgan fingerprint density at radius 3 is 2.35 bits per heavy atom. The van der Waals surface area contributed by atoms with Gasteiger partial charge in [-0.2, -0.15) is 0 Å². The van der Waals surface area contributed by atoms with Crippen molar-refractivity contribution in [2.75, 3.05) is 6.61 Å². The van der Waals surface area contributed by atoms with Crippen molar-refractivity contribution in [2.45, 2.75) is 33.6 Å². The van der Waals surface area contributed by atoms with E-state index in [4.69, 9.17) is 4.74 Å². The standard InChI is InChI=1S/C15H20O2/c1-4-17-15(16)11-14(12(2)3)10-13-8-6-5-7-9-13/h5-9H,4,10-11H2,1-3H3. The minimum Gasteiger partial charge on any atom is -0.466 e. The van der Waals surface area contributed by atoms with Crippen LogP contribution in [0.4, 0.5) is 0 Å². The van der Waals surface area contributed by atoms with Gasteiger partial charge in [0.05, 0.1) is 13.0 Å². The van der Waals surface area contributed by atoms with Crippen LogP contribution in [-0.4, -0.2) is 12.6 Å². The molecule has 0 bridgehead atoms. The van der Waals surface area contributed by atoms with Crippen LogP contribution >= 0.6 is 0 Å². The van der Waals surface area contributed by atoms with Crippen LogP contribution in [0.5, 0.6) is 0 Å². The molecule has 1 aromatic carbocycles. The largest absolute Gasteiger partial charge is 0.466 e. The van der Waals surface area contributed by atoms with Gasteiger partial charge in [-0.15, -0.1) is 0 Å². The molecular weight excluding hydrogens is 212 g/mol. The molecule has 92 valence electrons. The van der Waals surface area contributed by atoms with Gasteiger partial charge in [0.1, 0.15) is 0 Å². The van der Waals surface area contributed by atoms with Crippen LogP contribution in [0, 0.1) is 0 Å². The average Bonchev–Trinajstić information content (AvgIpc) is 2.29.